The molecule has 6 rings (SSSR count). The Kier molecular flexibility index (Phi) is 6.92. The van der Waals surface area contributed by atoms with Crippen molar-refractivity contribution < 1.29 is 13.9 Å². The summed E-state index contributed by atoms with van der Waals surface area (Å²) < 4.78 is 28.8. The lowest BCUT2D eigenvalue weighted by Gasteiger charge is -2.47. The zero-order chi connectivity index (χ0) is 27.7. The Labute approximate surface area is 232 Å². The first kappa shape index (κ1) is 25.9. The third kappa shape index (κ3) is 5.13. The van der Waals surface area contributed by atoms with Gasteiger partial charge in [0.1, 0.15) is 23.5 Å². The number of rotatable bonds is 8. The molecule has 0 amide bonds. The summed E-state index contributed by atoms with van der Waals surface area (Å²) >= 11 is 0. The van der Waals surface area contributed by atoms with Crippen LogP contribution in [0.15, 0.2) is 67.3 Å². The fourth-order valence-corrected chi connectivity index (χ4v) is 5.42. The highest BCUT2D eigenvalue weighted by molar-refractivity contribution is 5.69. The molecule has 1 unspecified atom stereocenters. The number of hydrogen-bond acceptors (Lipinski definition) is 8. The Morgan fingerprint density at radius 3 is 2.77 bits per heavy atom. The van der Waals surface area contributed by atoms with Gasteiger partial charge in [0.05, 0.1) is 43.2 Å². The second-order valence-corrected chi connectivity index (χ2v) is 10.6. The molecular formula is C30H30FN7O2. The van der Waals surface area contributed by atoms with Gasteiger partial charge in [0.2, 0.25) is 0 Å². The summed E-state index contributed by atoms with van der Waals surface area (Å²) in [6, 6.07) is 16.4. The highest BCUT2D eigenvalue weighted by Gasteiger charge is 2.50. The van der Waals surface area contributed by atoms with Crippen molar-refractivity contribution in [2.24, 2.45) is 0 Å². The average molecular weight is 540 g/mol. The van der Waals surface area contributed by atoms with Gasteiger partial charge in [-0.3, -0.25) is 4.68 Å². The summed E-state index contributed by atoms with van der Waals surface area (Å²) in [5.74, 6) is 1.31. The van der Waals surface area contributed by atoms with Gasteiger partial charge in [0.25, 0.3) is 0 Å². The molecule has 2 saturated heterocycles. The van der Waals surface area contributed by atoms with Crippen LogP contribution in [0, 0.1) is 17.1 Å². The number of anilines is 1. The Morgan fingerprint density at radius 1 is 1.18 bits per heavy atom. The van der Waals surface area contributed by atoms with Crippen LogP contribution in [0.1, 0.15) is 37.4 Å². The topological polar surface area (TPSA) is 101 Å². The van der Waals surface area contributed by atoms with Crippen LogP contribution in [0.4, 0.5) is 10.2 Å². The Bertz CT molecular complexity index is 1540. The molecule has 1 spiro atoms. The predicted octanol–water partition coefficient (Wildman–Crippen LogP) is 4.86. The molecule has 0 aliphatic carbocycles. The van der Waals surface area contributed by atoms with Crippen LogP contribution < -0.4 is 15.0 Å². The van der Waals surface area contributed by atoms with Crippen molar-refractivity contribution in [1.82, 2.24) is 25.1 Å². The monoisotopic (exact) mass is 539 g/mol. The van der Waals surface area contributed by atoms with Gasteiger partial charge in [-0.2, -0.15) is 10.4 Å². The van der Waals surface area contributed by atoms with Crippen molar-refractivity contribution in [2.75, 3.05) is 24.6 Å². The molecule has 9 nitrogen and oxygen atoms in total. The molecule has 2 aliphatic rings. The number of nitrogens with one attached hydrogen (secondary N) is 1. The van der Waals surface area contributed by atoms with Crippen LogP contribution in [0.2, 0.25) is 0 Å². The summed E-state index contributed by atoms with van der Waals surface area (Å²) in [4.78, 5) is 10.8. The van der Waals surface area contributed by atoms with Crippen molar-refractivity contribution >= 4 is 5.82 Å². The normalized spacial score (nSPS) is 17.7. The third-order valence-corrected chi connectivity index (χ3v) is 7.40. The number of nitrogens with zero attached hydrogens (tertiary/aromatic N) is 6. The molecule has 0 bridgehead atoms. The number of aromatic nitrogens is 4. The van der Waals surface area contributed by atoms with E-state index >= 15 is 0 Å². The molecule has 0 radical (unpaired) electrons. The second-order valence-electron chi connectivity index (χ2n) is 10.6. The predicted molar refractivity (Wildman–Crippen MR) is 147 cm³/mol. The number of nitriles is 1. The Hall–Kier alpha value is -4.33. The van der Waals surface area contributed by atoms with Crippen molar-refractivity contribution in [3.8, 4) is 28.8 Å². The molecule has 10 heteroatoms. The SMILES string of the molecule is CC(C)n1nccc1-c1cc(F)ccc1Oc1cncnc1N1CC2(CC(NCc3ccc(C#N)cc3)CO2)C1. The van der Waals surface area contributed by atoms with Crippen LogP contribution in [0.3, 0.4) is 0 Å². The van der Waals surface area contributed by atoms with Crippen molar-refractivity contribution in [1.29, 1.82) is 5.26 Å². The smallest absolute Gasteiger partial charge is 0.188 e. The molecule has 2 fully saturated rings. The van der Waals surface area contributed by atoms with Crippen LogP contribution in [-0.2, 0) is 11.3 Å². The Morgan fingerprint density at radius 2 is 2.00 bits per heavy atom. The van der Waals surface area contributed by atoms with Crippen LogP contribution >= 0.6 is 0 Å². The maximum absolute atomic E-state index is 14.3. The molecule has 4 heterocycles. The number of halogens is 1. The van der Waals surface area contributed by atoms with Crippen molar-refractivity contribution in [3.63, 3.8) is 0 Å². The molecule has 204 valence electrons. The van der Waals surface area contributed by atoms with Gasteiger partial charge in [-0.1, -0.05) is 12.1 Å². The van der Waals surface area contributed by atoms with E-state index in [2.05, 4.69) is 31.4 Å². The highest BCUT2D eigenvalue weighted by atomic mass is 19.1. The quantitative estimate of drug-likeness (QED) is 0.339. The summed E-state index contributed by atoms with van der Waals surface area (Å²) in [5, 5.41) is 17.0. The van der Waals surface area contributed by atoms with Crippen LogP contribution in [0.5, 0.6) is 11.5 Å². The molecule has 1 N–H and O–H groups in total. The largest absolute Gasteiger partial charge is 0.451 e. The van der Waals surface area contributed by atoms with Crippen molar-refractivity contribution in [2.45, 2.75) is 44.5 Å². The van der Waals surface area contributed by atoms with E-state index in [1.807, 2.05) is 48.9 Å². The van der Waals surface area contributed by atoms with Gasteiger partial charge in [-0.25, -0.2) is 14.4 Å². The van der Waals surface area contributed by atoms with E-state index in [-0.39, 0.29) is 23.5 Å². The van der Waals surface area contributed by atoms with Crippen LogP contribution in [-0.4, -0.2) is 51.1 Å². The summed E-state index contributed by atoms with van der Waals surface area (Å²) in [6.45, 7) is 6.78. The van der Waals surface area contributed by atoms with Gasteiger partial charge in [-0.05, 0) is 62.2 Å². The third-order valence-electron chi connectivity index (χ3n) is 7.40. The van der Waals surface area contributed by atoms with E-state index in [9.17, 15) is 4.39 Å². The molecule has 1 atom stereocenters. The minimum absolute atomic E-state index is 0.0999. The van der Waals surface area contributed by atoms with Gasteiger partial charge in [0.15, 0.2) is 11.6 Å². The fourth-order valence-electron chi connectivity index (χ4n) is 5.42. The van der Waals surface area contributed by atoms with Gasteiger partial charge >= 0.3 is 0 Å². The zero-order valence-electron chi connectivity index (χ0n) is 22.4. The molecule has 2 aromatic carbocycles. The number of benzene rings is 2. The first-order valence-electron chi connectivity index (χ1n) is 13.4. The lowest BCUT2D eigenvalue weighted by molar-refractivity contribution is -0.0189. The maximum Gasteiger partial charge on any atom is 0.188 e. The maximum atomic E-state index is 14.3. The second kappa shape index (κ2) is 10.7. The van der Waals surface area contributed by atoms with Crippen LogP contribution in [0.25, 0.3) is 11.3 Å². The van der Waals surface area contributed by atoms with E-state index in [4.69, 9.17) is 14.7 Å². The minimum atomic E-state index is -0.353. The van der Waals surface area contributed by atoms with E-state index in [0.29, 0.717) is 48.1 Å². The Balaban J connectivity index is 1.13. The average Bonchev–Trinajstić information content (AvgIpc) is 3.61. The molecule has 40 heavy (non-hydrogen) atoms. The van der Waals surface area contributed by atoms with E-state index in [1.165, 1.54) is 18.5 Å². The summed E-state index contributed by atoms with van der Waals surface area (Å²) in [7, 11) is 0. The standard InChI is InChI=1S/C30H30FN7O2/c1-20(2)38-26(9-10-36-38)25-11-23(31)7-8-27(25)40-28-15-33-19-35-29(28)37-17-30(18-37)12-24(16-39-30)34-14-22-5-3-21(13-32)4-6-22/h3-11,15,19-20,24,34H,12,14,16-18H2,1-2H3. The molecule has 4 aromatic rings. The molecule has 0 saturated carbocycles. The molecule has 2 aliphatic heterocycles. The van der Waals surface area contributed by atoms with Gasteiger partial charge < -0.3 is 19.7 Å². The number of ether oxygens (including phenoxy) is 2. The highest BCUT2D eigenvalue weighted by Crippen LogP contribution is 2.42. The first-order valence-corrected chi connectivity index (χ1v) is 13.4. The summed E-state index contributed by atoms with van der Waals surface area (Å²) in [6.07, 6.45) is 5.73. The lowest BCUT2D eigenvalue weighted by atomic mass is 9.89. The minimum Gasteiger partial charge on any atom is -0.451 e. The van der Waals surface area contributed by atoms with Gasteiger partial charge in [-0.15, -0.1) is 0 Å². The summed E-state index contributed by atoms with van der Waals surface area (Å²) in [5.41, 5.74) is 2.93. The molecule has 2 aromatic heterocycles. The lowest BCUT2D eigenvalue weighted by Crippen LogP contribution is -2.62. The zero-order valence-corrected chi connectivity index (χ0v) is 22.4. The number of hydrogen-bond donors (Lipinski definition) is 1. The van der Waals surface area contributed by atoms with E-state index in [0.717, 1.165) is 24.2 Å². The van der Waals surface area contributed by atoms with Crippen molar-refractivity contribution in [3.05, 3.63) is 84.2 Å². The fraction of sp³-hybridized carbons (Fsp3) is 0.333. The first-order chi connectivity index (χ1) is 19.4. The van der Waals surface area contributed by atoms with E-state index in [1.54, 1.807) is 18.5 Å². The van der Waals surface area contributed by atoms with E-state index < -0.39 is 0 Å². The van der Waals surface area contributed by atoms with Gasteiger partial charge in [0, 0.05) is 30.4 Å². The molecular weight excluding hydrogens is 509 g/mol.